The Labute approximate surface area is 156 Å². The molecule has 1 aliphatic carbocycles. The van der Waals surface area contributed by atoms with Crippen molar-refractivity contribution in [1.82, 2.24) is 20.0 Å². The number of rotatable bonds is 5. The van der Waals surface area contributed by atoms with Gasteiger partial charge in [-0.3, -0.25) is 14.7 Å². The average Bonchev–Trinajstić information content (AvgIpc) is 2.65. The van der Waals surface area contributed by atoms with Gasteiger partial charge < -0.3 is 25.0 Å². The van der Waals surface area contributed by atoms with Gasteiger partial charge in [-0.2, -0.15) is 0 Å². The van der Waals surface area contributed by atoms with Crippen molar-refractivity contribution >= 4 is 11.9 Å². The van der Waals surface area contributed by atoms with Crippen LogP contribution in [0.3, 0.4) is 0 Å². The number of aliphatic imine (C=N–C) groups is 1. The smallest absolute Gasteiger partial charge is 0.236 e. The van der Waals surface area contributed by atoms with Crippen molar-refractivity contribution < 1.29 is 14.6 Å². The van der Waals surface area contributed by atoms with Crippen molar-refractivity contribution in [3.8, 4) is 0 Å². The maximum Gasteiger partial charge on any atom is 0.236 e. The van der Waals surface area contributed by atoms with E-state index in [-0.39, 0.29) is 5.91 Å². The van der Waals surface area contributed by atoms with Crippen molar-refractivity contribution in [3.05, 3.63) is 0 Å². The lowest BCUT2D eigenvalue weighted by Crippen LogP contribution is -2.55. The predicted octanol–water partition coefficient (Wildman–Crippen LogP) is -0.657. The molecule has 0 aromatic carbocycles. The van der Waals surface area contributed by atoms with Gasteiger partial charge in [0.05, 0.1) is 31.9 Å². The van der Waals surface area contributed by atoms with Crippen LogP contribution < -0.4 is 5.32 Å². The van der Waals surface area contributed by atoms with E-state index >= 15 is 0 Å². The Morgan fingerprint density at radius 2 is 1.81 bits per heavy atom. The summed E-state index contributed by atoms with van der Waals surface area (Å²) in [5, 5.41) is 13.6. The summed E-state index contributed by atoms with van der Waals surface area (Å²) in [6.07, 6.45) is 2.80. The summed E-state index contributed by atoms with van der Waals surface area (Å²) >= 11 is 0. The summed E-state index contributed by atoms with van der Waals surface area (Å²) < 4.78 is 5.31. The zero-order valence-corrected chi connectivity index (χ0v) is 16.0. The van der Waals surface area contributed by atoms with Crippen LogP contribution in [-0.2, 0) is 9.53 Å². The highest BCUT2D eigenvalue weighted by Gasteiger charge is 2.34. The van der Waals surface area contributed by atoms with Gasteiger partial charge in [0.1, 0.15) is 0 Å². The summed E-state index contributed by atoms with van der Waals surface area (Å²) in [5.41, 5.74) is -0.590. The summed E-state index contributed by atoms with van der Waals surface area (Å²) in [4.78, 5) is 23.4. The lowest BCUT2D eigenvalue weighted by molar-refractivity contribution is -0.136. The number of carbonyl (C=O) groups excluding carboxylic acids is 1. The first-order valence-electron chi connectivity index (χ1n) is 9.93. The van der Waals surface area contributed by atoms with E-state index in [4.69, 9.17) is 4.74 Å². The number of nitrogens with one attached hydrogen (secondary N) is 1. The van der Waals surface area contributed by atoms with E-state index in [1.807, 2.05) is 4.90 Å². The number of ether oxygens (including phenoxy) is 1. The molecule has 1 amide bonds. The molecule has 0 spiro atoms. The number of guanidine groups is 1. The Balaban J connectivity index is 1.46. The average molecular weight is 367 g/mol. The Kier molecular flexibility index (Phi) is 6.72. The second-order valence-electron chi connectivity index (χ2n) is 7.50. The number of carbonyl (C=O) groups is 1. The molecule has 1 saturated carbocycles. The van der Waals surface area contributed by atoms with E-state index in [1.165, 1.54) is 0 Å². The molecule has 2 heterocycles. The van der Waals surface area contributed by atoms with Crippen LogP contribution in [0.2, 0.25) is 0 Å². The van der Waals surface area contributed by atoms with Crippen LogP contribution in [0.5, 0.6) is 0 Å². The van der Waals surface area contributed by atoms with E-state index in [1.54, 1.807) is 0 Å². The maximum absolute atomic E-state index is 12.4. The van der Waals surface area contributed by atoms with Crippen molar-refractivity contribution in [2.45, 2.75) is 31.8 Å². The van der Waals surface area contributed by atoms with Gasteiger partial charge in [0.2, 0.25) is 5.91 Å². The first-order chi connectivity index (χ1) is 12.6. The van der Waals surface area contributed by atoms with Crippen LogP contribution in [0.25, 0.3) is 0 Å². The summed E-state index contributed by atoms with van der Waals surface area (Å²) in [7, 11) is 0. The number of piperazine rings is 1. The molecule has 2 aliphatic heterocycles. The number of morpholine rings is 1. The number of hydrogen-bond donors (Lipinski definition) is 2. The van der Waals surface area contributed by atoms with Gasteiger partial charge in [0, 0.05) is 45.8 Å². The fraction of sp³-hybridized carbons (Fsp3) is 0.889. The Morgan fingerprint density at radius 1 is 1.12 bits per heavy atom. The number of aliphatic hydroxyl groups is 1. The van der Waals surface area contributed by atoms with E-state index in [0.29, 0.717) is 39.4 Å². The minimum Gasteiger partial charge on any atom is -0.388 e. The largest absolute Gasteiger partial charge is 0.388 e. The van der Waals surface area contributed by atoms with Crippen molar-refractivity contribution in [1.29, 1.82) is 0 Å². The predicted molar refractivity (Wildman–Crippen MR) is 100 cm³/mol. The summed E-state index contributed by atoms with van der Waals surface area (Å²) in [6, 6.07) is 0. The van der Waals surface area contributed by atoms with E-state index in [9.17, 15) is 9.90 Å². The minimum atomic E-state index is -0.590. The van der Waals surface area contributed by atoms with Gasteiger partial charge in [-0.1, -0.05) is 0 Å². The van der Waals surface area contributed by atoms with Crippen molar-refractivity contribution in [3.63, 3.8) is 0 Å². The van der Waals surface area contributed by atoms with Gasteiger partial charge in [0.15, 0.2) is 5.96 Å². The molecule has 2 N–H and O–H groups in total. The molecule has 26 heavy (non-hydrogen) atoms. The lowest BCUT2D eigenvalue weighted by atomic mass is 9.80. The highest BCUT2D eigenvalue weighted by atomic mass is 16.5. The second-order valence-corrected chi connectivity index (χ2v) is 7.50. The van der Waals surface area contributed by atoms with Crippen LogP contribution in [0.1, 0.15) is 26.2 Å². The van der Waals surface area contributed by atoms with E-state index in [0.717, 1.165) is 57.9 Å². The molecule has 0 unspecified atom stereocenters. The molecular weight excluding hydrogens is 334 g/mol. The number of amides is 1. The summed E-state index contributed by atoms with van der Waals surface area (Å²) in [5.74, 6) is 1.08. The molecule has 2 saturated heterocycles. The Morgan fingerprint density at radius 3 is 2.38 bits per heavy atom. The molecular formula is C18H33N5O3. The molecule has 3 aliphatic rings. The van der Waals surface area contributed by atoms with Gasteiger partial charge in [0.25, 0.3) is 0 Å². The van der Waals surface area contributed by atoms with Crippen molar-refractivity contribution in [2.75, 3.05) is 72.1 Å². The number of nitrogens with zero attached hydrogens (tertiary/aromatic N) is 4. The van der Waals surface area contributed by atoms with Gasteiger partial charge in [-0.25, -0.2) is 0 Å². The first kappa shape index (κ1) is 19.4. The standard InChI is InChI=1S/C18H33N5O3/c1-2-19-17(20-15-18(25)4-3-5-18)23-8-6-21(7-9-23)14-16(24)22-10-12-26-13-11-22/h25H,2-15H2,1H3,(H,19,20). The zero-order chi connectivity index (χ0) is 18.4. The fourth-order valence-corrected chi connectivity index (χ4v) is 3.61. The van der Waals surface area contributed by atoms with E-state index in [2.05, 4.69) is 27.0 Å². The molecule has 148 valence electrons. The van der Waals surface area contributed by atoms with Gasteiger partial charge in [-0.15, -0.1) is 0 Å². The maximum atomic E-state index is 12.4. The lowest BCUT2D eigenvalue weighted by Gasteiger charge is -2.38. The van der Waals surface area contributed by atoms with Crippen LogP contribution in [0.15, 0.2) is 4.99 Å². The minimum absolute atomic E-state index is 0.203. The Bertz CT molecular complexity index is 495. The summed E-state index contributed by atoms with van der Waals surface area (Å²) in [6.45, 7) is 9.95. The highest BCUT2D eigenvalue weighted by Crippen LogP contribution is 2.31. The number of hydrogen-bond acceptors (Lipinski definition) is 5. The van der Waals surface area contributed by atoms with E-state index < -0.39 is 5.60 Å². The zero-order valence-electron chi connectivity index (χ0n) is 16.0. The molecule has 0 radical (unpaired) electrons. The normalized spacial score (nSPS) is 24.3. The molecule has 8 nitrogen and oxygen atoms in total. The third kappa shape index (κ3) is 5.08. The van der Waals surface area contributed by atoms with Crippen LogP contribution in [0.4, 0.5) is 0 Å². The molecule has 0 atom stereocenters. The molecule has 3 rings (SSSR count). The van der Waals surface area contributed by atoms with Crippen molar-refractivity contribution in [2.24, 2.45) is 4.99 Å². The topological polar surface area (TPSA) is 80.6 Å². The quantitative estimate of drug-likeness (QED) is 0.496. The monoisotopic (exact) mass is 367 g/mol. The SMILES string of the molecule is CCNC(=NCC1(O)CCC1)N1CCN(CC(=O)N2CCOCC2)CC1. The van der Waals surface area contributed by atoms with Crippen LogP contribution >= 0.6 is 0 Å². The second kappa shape index (κ2) is 9.01. The molecule has 0 aromatic heterocycles. The third-order valence-electron chi connectivity index (χ3n) is 5.54. The molecule has 0 bridgehead atoms. The molecule has 8 heteroatoms. The van der Waals surface area contributed by atoms with Gasteiger partial charge in [-0.05, 0) is 26.2 Å². The first-order valence-corrected chi connectivity index (χ1v) is 9.93. The van der Waals surface area contributed by atoms with Crippen LogP contribution in [-0.4, -0.2) is 109 Å². The third-order valence-corrected chi connectivity index (χ3v) is 5.54. The molecule has 3 fully saturated rings. The Hall–Kier alpha value is -1.38. The van der Waals surface area contributed by atoms with Crippen LogP contribution in [0, 0.1) is 0 Å². The fourth-order valence-electron chi connectivity index (χ4n) is 3.61. The highest BCUT2D eigenvalue weighted by molar-refractivity contribution is 5.80. The van der Waals surface area contributed by atoms with Gasteiger partial charge >= 0.3 is 0 Å². The molecule has 0 aromatic rings.